The van der Waals surface area contributed by atoms with Crippen LogP contribution in [0.4, 0.5) is 0 Å². The predicted octanol–water partition coefficient (Wildman–Crippen LogP) is -0.554. The van der Waals surface area contributed by atoms with Crippen LogP contribution in [0.1, 0.15) is 19.3 Å². The molecule has 0 saturated heterocycles. The molecule has 0 fully saturated rings. The lowest BCUT2D eigenvalue weighted by Gasteiger charge is -2.05. The van der Waals surface area contributed by atoms with Crippen molar-refractivity contribution in [1.29, 1.82) is 0 Å². The molecular weight excluding hydrogens is 122 g/mol. The molecule has 0 bridgehead atoms. The summed E-state index contributed by atoms with van der Waals surface area (Å²) in [6.45, 7) is 0.137. The van der Waals surface area contributed by atoms with Crippen LogP contribution in [0, 0.1) is 0 Å². The van der Waals surface area contributed by atoms with Crippen LogP contribution in [-0.2, 0) is 0 Å². The van der Waals surface area contributed by atoms with Gasteiger partial charge in [0.15, 0.2) is 0 Å². The Bertz CT molecular complexity index is 60.2. The van der Waals surface area contributed by atoms with Crippen LogP contribution in [0.25, 0.3) is 0 Å². The molecule has 4 nitrogen and oxygen atoms in total. The number of aliphatic hydroxyl groups excluding tert-OH is 2. The molecule has 4 N–H and O–H groups in total. The zero-order valence-corrected chi connectivity index (χ0v) is 5.25. The van der Waals surface area contributed by atoms with E-state index in [1.54, 1.807) is 5.48 Å². The Kier molecular flexibility index (Phi) is 5.86. The van der Waals surface area contributed by atoms with Crippen molar-refractivity contribution in [3.63, 3.8) is 0 Å². The van der Waals surface area contributed by atoms with Crippen molar-refractivity contribution in [2.45, 2.75) is 25.5 Å². The fourth-order valence-electron chi connectivity index (χ4n) is 0.514. The van der Waals surface area contributed by atoms with E-state index in [-0.39, 0.29) is 6.61 Å². The number of hydrogen-bond acceptors (Lipinski definition) is 4. The summed E-state index contributed by atoms with van der Waals surface area (Å²) in [4.78, 5) is 0. The number of unbranched alkanes of at least 4 members (excludes halogenated alkanes) is 1. The Labute approximate surface area is 54.1 Å². The molecule has 0 aromatic heterocycles. The predicted molar refractivity (Wildman–Crippen MR) is 31.9 cm³/mol. The molecule has 0 aromatic carbocycles. The molecule has 56 valence electrons. The highest BCUT2D eigenvalue weighted by molar-refractivity contribution is 4.45. The van der Waals surface area contributed by atoms with E-state index >= 15 is 0 Å². The molecule has 0 heterocycles. The van der Waals surface area contributed by atoms with Gasteiger partial charge < -0.3 is 15.4 Å². The fourth-order valence-corrected chi connectivity index (χ4v) is 0.514. The molecule has 0 rings (SSSR count). The number of hydrogen-bond donors (Lipinski definition) is 4. The van der Waals surface area contributed by atoms with E-state index in [4.69, 9.17) is 15.4 Å². The van der Waals surface area contributed by atoms with Crippen molar-refractivity contribution >= 4 is 0 Å². The van der Waals surface area contributed by atoms with Gasteiger partial charge >= 0.3 is 0 Å². The molecule has 0 radical (unpaired) electrons. The van der Waals surface area contributed by atoms with Crippen LogP contribution in [0.5, 0.6) is 0 Å². The van der Waals surface area contributed by atoms with Crippen LogP contribution in [0.15, 0.2) is 0 Å². The van der Waals surface area contributed by atoms with E-state index < -0.39 is 6.23 Å². The normalized spacial score (nSPS) is 13.7. The number of hydroxylamine groups is 1. The average Bonchev–Trinajstić information content (AvgIpc) is 1.89. The third kappa shape index (κ3) is 5.72. The summed E-state index contributed by atoms with van der Waals surface area (Å²) in [7, 11) is 0. The Balaban J connectivity index is 2.88. The maximum Gasteiger partial charge on any atom is 0.126 e. The summed E-state index contributed by atoms with van der Waals surface area (Å²) in [6, 6.07) is 0. The van der Waals surface area contributed by atoms with Gasteiger partial charge in [0.1, 0.15) is 6.23 Å². The number of rotatable bonds is 5. The van der Waals surface area contributed by atoms with Gasteiger partial charge in [-0.15, -0.1) is 0 Å². The van der Waals surface area contributed by atoms with E-state index in [0.717, 1.165) is 0 Å². The smallest absolute Gasteiger partial charge is 0.126 e. The molecule has 0 aliphatic rings. The fraction of sp³-hybridized carbons (Fsp3) is 1.00. The molecule has 4 heteroatoms. The first kappa shape index (κ1) is 8.84. The molecule has 0 spiro atoms. The van der Waals surface area contributed by atoms with E-state index in [0.29, 0.717) is 19.3 Å². The quantitative estimate of drug-likeness (QED) is 0.232. The van der Waals surface area contributed by atoms with Gasteiger partial charge in [0.05, 0.1) is 0 Å². The van der Waals surface area contributed by atoms with Gasteiger partial charge in [-0.25, -0.2) is 0 Å². The second-order valence-electron chi connectivity index (χ2n) is 1.86. The van der Waals surface area contributed by atoms with Gasteiger partial charge in [-0.1, -0.05) is 0 Å². The third-order valence-electron chi connectivity index (χ3n) is 1.03. The Morgan fingerprint density at radius 1 is 1.33 bits per heavy atom. The van der Waals surface area contributed by atoms with Gasteiger partial charge in [0, 0.05) is 6.61 Å². The van der Waals surface area contributed by atoms with Crippen LogP contribution in [0.2, 0.25) is 0 Å². The van der Waals surface area contributed by atoms with E-state index in [2.05, 4.69) is 0 Å². The van der Waals surface area contributed by atoms with Gasteiger partial charge in [-0.3, -0.25) is 0 Å². The lowest BCUT2D eigenvalue weighted by molar-refractivity contribution is -0.00438. The van der Waals surface area contributed by atoms with Gasteiger partial charge in [0.25, 0.3) is 0 Å². The lowest BCUT2D eigenvalue weighted by Crippen LogP contribution is -2.24. The monoisotopic (exact) mass is 135 g/mol. The standard InChI is InChI=1S/C5H13NO3/c7-4-2-1-3-5(8)6-9/h5-9H,1-4H2. The maximum atomic E-state index is 8.64. The minimum Gasteiger partial charge on any atom is -0.396 e. The average molecular weight is 135 g/mol. The second kappa shape index (κ2) is 5.97. The topological polar surface area (TPSA) is 72.7 Å². The van der Waals surface area contributed by atoms with Crippen LogP contribution < -0.4 is 5.48 Å². The Morgan fingerprint density at radius 2 is 2.00 bits per heavy atom. The van der Waals surface area contributed by atoms with Crippen LogP contribution >= 0.6 is 0 Å². The highest BCUT2D eigenvalue weighted by Crippen LogP contribution is 1.95. The summed E-state index contributed by atoms with van der Waals surface area (Å²) >= 11 is 0. The first-order chi connectivity index (χ1) is 4.31. The van der Waals surface area contributed by atoms with Crippen LogP contribution in [-0.4, -0.2) is 28.3 Å². The third-order valence-corrected chi connectivity index (χ3v) is 1.03. The van der Waals surface area contributed by atoms with Crippen molar-refractivity contribution < 1.29 is 15.4 Å². The molecule has 0 aliphatic heterocycles. The lowest BCUT2D eigenvalue weighted by atomic mass is 10.2. The largest absolute Gasteiger partial charge is 0.396 e. The zero-order chi connectivity index (χ0) is 7.11. The SMILES string of the molecule is OCCCCC(O)NO. The van der Waals surface area contributed by atoms with Crippen molar-refractivity contribution in [3.05, 3.63) is 0 Å². The second-order valence-corrected chi connectivity index (χ2v) is 1.86. The van der Waals surface area contributed by atoms with Crippen molar-refractivity contribution in [2.24, 2.45) is 0 Å². The molecule has 9 heavy (non-hydrogen) atoms. The minimum absolute atomic E-state index is 0.137. The summed E-state index contributed by atoms with van der Waals surface area (Å²) in [5.74, 6) is 0. The number of nitrogens with one attached hydrogen (secondary N) is 1. The van der Waals surface area contributed by atoms with E-state index in [1.807, 2.05) is 0 Å². The summed E-state index contributed by atoms with van der Waals surface area (Å²) in [5.41, 5.74) is 1.70. The molecule has 0 aromatic rings. The Hall–Kier alpha value is -0.160. The van der Waals surface area contributed by atoms with E-state index in [1.165, 1.54) is 0 Å². The van der Waals surface area contributed by atoms with E-state index in [9.17, 15) is 0 Å². The van der Waals surface area contributed by atoms with Crippen molar-refractivity contribution in [3.8, 4) is 0 Å². The summed E-state index contributed by atoms with van der Waals surface area (Å²) in [6.07, 6.45) is 0.998. The molecule has 0 amide bonds. The first-order valence-electron chi connectivity index (χ1n) is 2.99. The van der Waals surface area contributed by atoms with Gasteiger partial charge in [-0.2, -0.15) is 5.48 Å². The van der Waals surface area contributed by atoms with Gasteiger partial charge in [-0.05, 0) is 19.3 Å². The van der Waals surface area contributed by atoms with Gasteiger partial charge in [0.2, 0.25) is 0 Å². The molecule has 0 aliphatic carbocycles. The Morgan fingerprint density at radius 3 is 2.44 bits per heavy atom. The van der Waals surface area contributed by atoms with Crippen LogP contribution in [0.3, 0.4) is 0 Å². The molecule has 1 atom stereocenters. The van der Waals surface area contributed by atoms with Crippen molar-refractivity contribution in [2.75, 3.05) is 6.61 Å². The molecular formula is C5H13NO3. The van der Waals surface area contributed by atoms with Crippen molar-refractivity contribution in [1.82, 2.24) is 5.48 Å². The highest BCUT2D eigenvalue weighted by atomic mass is 16.5. The highest BCUT2D eigenvalue weighted by Gasteiger charge is 1.98. The zero-order valence-electron chi connectivity index (χ0n) is 5.25. The summed E-state index contributed by atoms with van der Waals surface area (Å²) < 4.78 is 0. The summed E-state index contributed by atoms with van der Waals surface area (Å²) in [5, 5.41) is 25.0. The maximum absolute atomic E-state index is 8.64. The molecule has 1 unspecified atom stereocenters. The molecule has 0 saturated carbocycles. The number of aliphatic hydroxyl groups is 2. The minimum atomic E-state index is -0.850. The first-order valence-corrected chi connectivity index (χ1v) is 2.99.